The third-order valence-corrected chi connectivity index (χ3v) is 7.64. The van der Waals surface area contributed by atoms with Gasteiger partial charge in [0.2, 0.25) is 5.95 Å². The average Bonchev–Trinajstić information content (AvgIpc) is 3.23. The van der Waals surface area contributed by atoms with Crippen molar-refractivity contribution in [2.45, 2.75) is 72.9 Å². The molecule has 0 amide bonds. The van der Waals surface area contributed by atoms with Crippen molar-refractivity contribution in [1.82, 2.24) is 29.4 Å². The van der Waals surface area contributed by atoms with E-state index < -0.39 is 11.6 Å². The molecular formula is C30H37F2N7. The minimum Gasteiger partial charge on any atom is -0.326 e. The SMILES string of the molecule is CCC[C@]1(C)CCCN(Cc2ccc(Nc3ncc(F)c(-c4cc(F)c5nc(C)n(C(C)C)c5c4)n3)nc2)C1. The summed E-state index contributed by atoms with van der Waals surface area (Å²) in [5.74, 6) is 0.296. The Hall–Kier alpha value is -3.46. The number of hydrogen-bond donors (Lipinski definition) is 1. The number of fused-ring (bicyclic) bond motifs is 1. The third-order valence-electron chi connectivity index (χ3n) is 7.64. The van der Waals surface area contributed by atoms with E-state index in [4.69, 9.17) is 0 Å². The number of rotatable bonds is 8. The number of imidazole rings is 1. The molecule has 3 aromatic heterocycles. The van der Waals surface area contributed by atoms with E-state index in [1.54, 1.807) is 6.07 Å². The maximum atomic E-state index is 15.0. The number of aryl methyl sites for hydroxylation is 1. The summed E-state index contributed by atoms with van der Waals surface area (Å²) in [7, 11) is 0. The van der Waals surface area contributed by atoms with E-state index in [0.717, 1.165) is 31.4 Å². The molecule has 5 rings (SSSR count). The molecule has 1 aliphatic rings. The van der Waals surface area contributed by atoms with Crippen LogP contribution in [0.3, 0.4) is 0 Å². The zero-order valence-corrected chi connectivity index (χ0v) is 23.4. The molecule has 4 heterocycles. The lowest BCUT2D eigenvalue weighted by Crippen LogP contribution is -2.41. The average molecular weight is 534 g/mol. The van der Waals surface area contributed by atoms with E-state index in [1.807, 2.05) is 43.7 Å². The first kappa shape index (κ1) is 27.1. The molecule has 0 saturated carbocycles. The molecule has 0 unspecified atom stereocenters. The van der Waals surface area contributed by atoms with Gasteiger partial charge < -0.3 is 9.88 Å². The van der Waals surface area contributed by atoms with E-state index in [9.17, 15) is 8.78 Å². The Morgan fingerprint density at radius 3 is 2.62 bits per heavy atom. The van der Waals surface area contributed by atoms with Crippen LogP contribution in [0.1, 0.15) is 70.8 Å². The number of hydrogen-bond acceptors (Lipinski definition) is 6. The first-order valence-electron chi connectivity index (χ1n) is 13.8. The van der Waals surface area contributed by atoms with Gasteiger partial charge in [-0.2, -0.15) is 0 Å². The topological polar surface area (TPSA) is 71.8 Å². The van der Waals surface area contributed by atoms with Crippen LogP contribution in [0.15, 0.2) is 36.7 Å². The van der Waals surface area contributed by atoms with Crippen LogP contribution in [0.4, 0.5) is 20.5 Å². The maximum Gasteiger partial charge on any atom is 0.229 e. The van der Waals surface area contributed by atoms with Gasteiger partial charge in [-0.1, -0.05) is 26.3 Å². The first-order valence-corrected chi connectivity index (χ1v) is 13.8. The highest BCUT2D eigenvalue weighted by atomic mass is 19.1. The highest BCUT2D eigenvalue weighted by molar-refractivity contribution is 5.83. The second-order valence-corrected chi connectivity index (χ2v) is 11.4. The predicted molar refractivity (Wildman–Crippen MR) is 151 cm³/mol. The second-order valence-electron chi connectivity index (χ2n) is 11.4. The minimum absolute atomic E-state index is 0.0132. The number of likely N-dealkylation sites (tertiary alicyclic amines) is 1. The Morgan fingerprint density at radius 2 is 1.90 bits per heavy atom. The van der Waals surface area contributed by atoms with Crippen molar-refractivity contribution in [2.75, 3.05) is 18.4 Å². The van der Waals surface area contributed by atoms with Crippen molar-refractivity contribution in [3.05, 3.63) is 59.7 Å². The molecule has 0 aliphatic carbocycles. The Morgan fingerprint density at radius 1 is 1.08 bits per heavy atom. The fourth-order valence-corrected chi connectivity index (χ4v) is 6.02. The number of aromatic nitrogens is 5. The maximum absolute atomic E-state index is 15.0. The molecule has 0 radical (unpaired) electrons. The lowest BCUT2D eigenvalue weighted by molar-refractivity contribution is 0.0889. The quantitative estimate of drug-likeness (QED) is 0.258. The summed E-state index contributed by atoms with van der Waals surface area (Å²) in [5.41, 5.74) is 2.74. The molecular weight excluding hydrogens is 496 g/mol. The second kappa shape index (κ2) is 11.0. The summed E-state index contributed by atoms with van der Waals surface area (Å²) >= 11 is 0. The molecule has 0 bridgehead atoms. The van der Waals surface area contributed by atoms with Crippen LogP contribution in [0.5, 0.6) is 0 Å². The van der Waals surface area contributed by atoms with Gasteiger partial charge >= 0.3 is 0 Å². The number of benzene rings is 1. The number of piperidine rings is 1. The van der Waals surface area contributed by atoms with Crippen LogP contribution >= 0.6 is 0 Å². The molecule has 39 heavy (non-hydrogen) atoms. The number of anilines is 2. The Labute approximate surface area is 228 Å². The normalized spacial score (nSPS) is 18.3. The molecule has 7 nitrogen and oxygen atoms in total. The fourth-order valence-electron chi connectivity index (χ4n) is 6.02. The molecule has 1 atom stereocenters. The molecule has 1 aromatic carbocycles. The van der Waals surface area contributed by atoms with Gasteiger partial charge in [-0.3, -0.25) is 4.90 Å². The molecule has 1 aliphatic heterocycles. The van der Waals surface area contributed by atoms with E-state index in [0.29, 0.717) is 28.1 Å². The smallest absolute Gasteiger partial charge is 0.229 e. The van der Waals surface area contributed by atoms with Gasteiger partial charge in [0.25, 0.3) is 0 Å². The number of pyridine rings is 1. The molecule has 0 spiro atoms. The third kappa shape index (κ3) is 5.78. The number of nitrogens with zero attached hydrogens (tertiary/aromatic N) is 6. The van der Waals surface area contributed by atoms with Gasteiger partial charge in [-0.05, 0) is 75.8 Å². The molecule has 1 N–H and O–H groups in total. The fraction of sp³-hybridized carbons (Fsp3) is 0.467. The van der Waals surface area contributed by atoms with Crippen molar-refractivity contribution in [1.29, 1.82) is 0 Å². The van der Waals surface area contributed by atoms with Gasteiger partial charge in [0.05, 0.1) is 11.7 Å². The summed E-state index contributed by atoms with van der Waals surface area (Å²) in [5, 5.41) is 3.06. The van der Waals surface area contributed by atoms with Gasteiger partial charge in [-0.15, -0.1) is 0 Å². The van der Waals surface area contributed by atoms with Gasteiger partial charge in [0.15, 0.2) is 11.6 Å². The zero-order chi connectivity index (χ0) is 27.7. The van der Waals surface area contributed by atoms with Crippen LogP contribution in [-0.2, 0) is 6.54 Å². The van der Waals surface area contributed by atoms with Crippen molar-refractivity contribution in [3.8, 4) is 11.3 Å². The van der Waals surface area contributed by atoms with Crippen LogP contribution < -0.4 is 5.32 Å². The summed E-state index contributed by atoms with van der Waals surface area (Å²) in [6.07, 6.45) is 7.94. The van der Waals surface area contributed by atoms with Crippen LogP contribution in [-0.4, -0.2) is 42.5 Å². The Kier molecular flexibility index (Phi) is 7.62. The van der Waals surface area contributed by atoms with Crippen LogP contribution in [0.25, 0.3) is 22.3 Å². The van der Waals surface area contributed by atoms with E-state index in [-0.39, 0.29) is 23.2 Å². The van der Waals surface area contributed by atoms with Crippen LogP contribution in [0, 0.1) is 24.0 Å². The monoisotopic (exact) mass is 533 g/mol. The summed E-state index contributed by atoms with van der Waals surface area (Å²) in [6.45, 7) is 13.6. The molecule has 9 heteroatoms. The summed E-state index contributed by atoms with van der Waals surface area (Å²) in [4.78, 5) is 19.9. The Balaban J connectivity index is 1.34. The lowest BCUT2D eigenvalue weighted by Gasteiger charge is -2.40. The highest BCUT2D eigenvalue weighted by Crippen LogP contribution is 2.35. The van der Waals surface area contributed by atoms with Crippen molar-refractivity contribution >= 4 is 22.8 Å². The Bertz CT molecular complexity index is 1460. The largest absolute Gasteiger partial charge is 0.326 e. The van der Waals surface area contributed by atoms with Crippen LogP contribution in [0.2, 0.25) is 0 Å². The predicted octanol–water partition coefficient (Wildman–Crippen LogP) is 7.20. The molecule has 4 aromatic rings. The number of halogens is 2. The van der Waals surface area contributed by atoms with Gasteiger partial charge in [0, 0.05) is 30.9 Å². The zero-order valence-electron chi connectivity index (χ0n) is 23.4. The molecule has 1 fully saturated rings. The molecule has 206 valence electrons. The summed E-state index contributed by atoms with van der Waals surface area (Å²) in [6, 6.07) is 7.00. The number of nitrogens with one attached hydrogen (secondary N) is 1. The highest BCUT2D eigenvalue weighted by Gasteiger charge is 2.30. The first-order chi connectivity index (χ1) is 18.7. The standard InChI is InChI=1S/C30H37F2N7/c1-6-10-30(5)11-7-12-38(18-30)17-21-8-9-26(33-15-21)36-29-34-16-24(32)27(37-29)22-13-23(31)28-25(14-22)39(19(2)3)20(4)35-28/h8-9,13-16,19H,6-7,10-12,17-18H2,1-5H3,(H,33,34,36,37)/t30-/m1/s1. The minimum atomic E-state index is -0.633. The van der Waals surface area contributed by atoms with Crippen molar-refractivity contribution in [2.24, 2.45) is 5.41 Å². The van der Waals surface area contributed by atoms with Gasteiger partial charge in [-0.25, -0.2) is 28.7 Å². The summed E-state index contributed by atoms with van der Waals surface area (Å²) < 4.78 is 31.8. The molecule has 1 saturated heterocycles. The van der Waals surface area contributed by atoms with Crippen molar-refractivity contribution < 1.29 is 8.78 Å². The van der Waals surface area contributed by atoms with Gasteiger partial charge in [0.1, 0.15) is 22.9 Å². The van der Waals surface area contributed by atoms with Crippen molar-refractivity contribution in [3.63, 3.8) is 0 Å². The lowest BCUT2D eigenvalue weighted by atomic mass is 9.78. The van der Waals surface area contributed by atoms with E-state index in [2.05, 4.69) is 44.0 Å². The van der Waals surface area contributed by atoms with E-state index >= 15 is 0 Å². The van der Waals surface area contributed by atoms with E-state index in [1.165, 1.54) is 31.7 Å².